The van der Waals surface area contributed by atoms with E-state index in [4.69, 9.17) is 5.73 Å². The third-order valence-electron chi connectivity index (χ3n) is 1.33. The minimum Gasteiger partial charge on any atom is -0.469 e. The number of guanidine groups is 1. The zero-order chi connectivity index (χ0) is 11.2. The summed E-state index contributed by atoms with van der Waals surface area (Å²) in [5.41, 5.74) is 5.46. The molecule has 0 aliphatic carbocycles. The number of methoxy groups -OCH3 is 1. The summed E-state index contributed by atoms with van der Waals surface area (Å²) in [5, 5.41) is 2.99. The number of nitrogens with two attached hydrogens (primary N) is 1. The van der Waals surface area contributed by atoms with Crippen molar-refractivity contribution in [3.63, 3.8) is 0 Å². The van der Waals surface area contributed by atoms with Gasteiger partial charge in [0.1, 0.15) is 0 Å². The van der Waals surface area contributed by atoms with E-state index in [1.807, 2.05) is 20.8 Å². The molecule has 5 nitrogen and oxygen atoms in total. The molecule has 0 aliphatic rings. The molecule has 0 bridgehead atoms. The van der Waals surface area contributed by atoms with Gasteiger partial charge in [0.25, 0.3) is 0 Å². The summed E-state index contributed by atoms with van der Waals surface area (Å²) < 4.78 is 4.46. The molecule has 0 aromatic rings. The van der Waals surface area contributed by atoms with E-state index in [1.165, 1.54) is 7.11 Å². The number of hydrogen-bond acceptors (Lipinski definition) is 3. The van der Waals surface area contributed by atoms with E-state index < -0.39 is 0 Å². The van der Waals surface area contributed by atoms with Crippen LogP contribution in [0.3, 0.4) is 0 Å². The Balaban J connectivity index is 3.83. The molecule has 0 spiro atoms. The summed E-state index contributed by atoms with van der Waals surface area (Å²) in [7, 11) is 1.35. The minimum absolute atomic E-state index is 0.112. The highest BCUT2D eigenvalue weighted by atomic mass is 16.5. The van der Waals surface area contributed by atoms with Crippen LogP contribution >= 0.6 is 0 Å². The standard InChI is InChI=1S/C9H19N3O2/c1-9(2,3)12-8(10)11-6-5-7(13)14-4/h5-6H2,1-4H3,(H3,10,11,12). The highest BCUT2D eigenvalue weighted by molar-refractivity contribution is 5.79. The molecule has 0 aromatic carbocycles. The zero-order valence-electron chi connectivity index (χ0n) is 9.26. The second-order valence-electron chi connectivity index (χ2n) is 3.97. The Hall–Kier alpha value is -1.26. The van der Waals surface area contributed by atoms with Gasteiger partial charge < -0.3 is 15.8 Å². The molecule has 0 radical (unpaired) electrons. The van der Waals surface area contributed by atoms with Crippen LogP contribution in [0.15, 0.2) is 4.99 Å². The number of hydrogen-bond donors (Lipinski definition) is 2. The van der Waals surface area contributed by atoms with Crippen molar-refractivity contribution in [1.29, 1.82) is 0 Å². The average Bonchev–Trinajstić information content (AvgIpc) is 2.00. The van der Waals surface area contributed by atoms with E-state index in [0.29, 0.717) is 12.5 Å². The topological polar surface area (TPSA) is 76.7 Å². The molecule has 0 aromatic heterocycles. The molecule has 0 saturated carbocycles. The summed E-state index contributed by atoms with van der Waals surface area (Å²) in [4.78, 5) is 14.7. The molecular formula is C9H19N3O2. The van der Waals surface area contributed by atoms with Gasteiger partial charge >= 0.3 is 5.97 Å². The molecule has 0 amide bonds. The number of rotatable bonds is 3. The van der Waals surface area contributed by atoms with E-state index in [1.54, 1.807) is 0 Å². The van der Waals surface area contributed by atoms with Crippen molar-refractivity contribution in [2.45, 2.75) is 32.7 Å². The summed E-state index contributed by atoms with van der Waals surface area (Å²) >= 11 is 0. The SMILES string of the molecule is COC(=O)CCN=C(N)NC(C)(C)C. The summed E-state index contributed by atoms with van der Waals surface area (Å²) in [6.07, 6.45) is 0.253. The van der Waals surface area contributed by atoms with E-state index >= 15 is 0 Å². The molecule has 0 heterocycles. The van der Waals surface area contributed by atoms with Gasteiger partial charge in [0.2, 0.25) is 0 Å². The van der Waals surface area contributed by atoms with Crippen molar-refractivity contribution in [2.24, 2.45) is 10.7 Å². The lowest BCUT2D eigenvalue weighted by molar-refractivity contribution is -0.140. The van der Waals surface area contributed by atoms with Gasteiger partial charge in [-0.3, -0.25) is 9.79 Å². The van der Waals surface area contributed by atoms with Crippen LogP contribution in [0.4, 0.5) is 0 Å². The van der Waals surface area contributed by atoms with Gasteiger partial charge in [-0.2, -0.15) is 0 Å². The lowest BCUT2D eigenvalue weighted by Crippen LogP contribution is -2.45. The van der Waals surface area contributed by atoms with Gasteiger partial charge in [-0.15, -0.1) is 0 Å². The number of ether oxygens (including phenoxy) is 1. The van der Waals surface area contributed by atoms with Crippen molar-refractivity contribution >= 4 is 11.9 Å². The average molecular weight is 201 g/mol. The van der Waals surface area contributed by atoms with Crippen molar-refractivity contribution in [2.75, 3.05) is 13.7 Å². The van der Waals surface area contributed by atoms with Crippen molar-refractivity contribution in [3.05, 3.63) is 0 Å². The highest BCUT2D eigenvalue weighted by Gasteiger charge is 2.09. The monoisotopic (exact) mass is 201 g/mol. The van der Waals surface area contributed by atoms with Crippen LogP contribution in [-0.2, 0) is 9.53 Å². The molecule has 0 atom stereocenters. The smallest absolute Gasteiger partial charge is 0.307 e. The second-order valence-corrected chi connectivity index (χ2v) is 3.97. The Kier molecular flexibility index (Phi) is 4.97. The van der Waals surface area contributed by atoms with Crippen molar-refractivity contribution < 1.29 is 9.53 Å². The second kappa shape index (κ2) is 5.47. The largest absolute Gasteiger partial charge is 0.469 e. The fourth-order valence-electron chi connectivity index (χ4n) is 0.793. The molecule has 5 heteroatoms. The molecule has 0 aliphatic heterocycles. The van der Waals surface area contributed by atoms with E-state index in [9.17, 15) is 4.79 Å². The lowest BCUT2D eigenvalue weighted by atomic mass is 10.1. The quantitative estimate of drug-likeness (QED) is 0.390. The Bertz CT molecular complexity index is 219. The molecular weight excluding hydrogens is 182 g/mol. The predicted molar refractivity (Wildman–Crippen MR) is 56.0 cm³/mol. The third-order valence-corrected chi connectivity index (χ3v) is 1.33. The van der Waals surface area contributed by atoms with Gasteiger partial charge in [-0.05, 0) is 20.8 Å². The van der Waals surface area contributed by atoms with Crippen molar-refractivity contribution in [3.8, 4) is 0 Å². The maximum absolute atomic E-state index is 10.7. The van der Waals surface area contributed by atoms with Crippen molar-refractivity contribution in [1.82, 2.24) is 5.32 Å². The molecule has 3 N–H and O–H groups in total. The van der Waals surface area contributed by atoms with Gasteiger partial charge in [0.05, 0.1) is 20.1 Å². The fraction of sp³-hybridized carbons (Fsp3) is 0.778. The highest BCUT2D eigenvalue weighted by Crippen LogP contribution is 1.97. The zero-order valence-corrected chi connectivity index (χ0v) is 9.26. The van der Waals surface area contributed by atoms with Gasteiger partial charge in [0.15, 0.2) is 5.96 Å². The van der Waals surface area contributed by atoms with E-state index in [0.717, 1.165) is 0 Å². The van der Waals surface area contributed by atoms with Crippen LogP contribution in [0.2, 0.25) is 0 Å². The van der Waals surface area contributed by atoms with Gasteiger partial charge in [-0.25, -0.2) is 0 Å². The molecule has 0 fully saturated rings. The number of carbonyl (C=O) groups excluding carboxylic acids is 1. The summed E-state index contributed by atoms with van der Waals surface area (Å²) in [5.74, 6) is 0.0683. The summed E-state index contributed by atoms with van der Waals surface area (Å²) in [6, 6.07) is 0. The number of esters is 1. The van der Waals surface area contributed by atoms with E-state index in [2.05, 4.69) is 15.0 Å². The molecule has 82 valence electrons. The predicted octanol–water partition coefficient (Wildman–Crippen LogP) is 0.252. The summed E-state index contributed by atoms with van der Waals surface area (Å²) in [6.45, 7) is 6.29. The first kappa shape index (κ1) is 12.7. The number of nitrogens with zero attached hydrogens (tertiary/aromatic N) is 1. The maximum Gasteiger partial charge on any atom is 0.307 e. The van der Waals surface area contributed by atoms with Crippen LogP contribution in [0.25, 0.3) is 0 Å². The fourth-order valence-corrected chi connectivity index (χ4v) is 0.793. The molecule has 0 unspecified atom stereocenters. The van der Waals surface area contributed by atoms with Crippen LogP contribution in [0.5, 0.6) is 0 Å². The Morgan fingerprint density at radius 1 is 1.50 bits per heavy atom. The van der Waals surface area contributed by atoms with Crippen LogP contribution in [-0.4, -0.2) is 31.1 Å². The maximum atomic E-state index is 10.7. The van der Waals surface area contributed by atoms with Gasteiger partial charge in [0, 0.05) is 5.54 Å². The molecule has 0 rings (SSSR count). The van der Waals surface area contributed by atoms with Crippen LogP contribution < -0.4 is 11.1 Å². The van der Waals surface area contributed by atoms with Gasteiger partial charge in [-0.1, -0.05) is 0 Å². The normalized spacial score (nSPS) is 12.4. The number of nitrogens with one attached hydrogen (secondary N) is 1. The Morgan fingerprint density at radius 3 is 2.50 bits per heavy atom. The van der Waals surface area contributed by atoms with Crippen LogP contribution in [0, 0.1) is 0 Å². The number of carbonyl (C=O) groups is 1. The number of aliphatic imine (C=N–C) groups is 1. The first-order valence-electron chi connectivity index (χ1n) is 4.50. The molecule has 14 heavy (non-hydrogen) atoms. The third kappa shape index (κ3) is 7.39. The minimum atomic E-state index is -0.280. The van der Waals surface area contributed by atoms with Crippen LogP contribution in [0.1, 0.15) is 27.2 Å². The first-order chi connectivity index (χ1) is 6.35. The first-order valence-corrected chi connectivity index (χ1v) is 4.50. The Morgan fingerprint density at radius 2 is 2.07 bits per heavy atom. The lowest BCUT2D eigenvalue weighted by Gasteiger charge is -2.20. The Labute approximate surface area is 84.7 Å². The molecule has 0 saturated heterocycles. The van der Waals surface area contributed by atoms with E-state index in [-0.39, 0.29) is 17.9 Å².